The van der Waals surface area contributed by atoms with E-state index in [0.29, 0.717) is 11.8 Å². The fourth-order valence-corrected chi connectivity index (χ4v) is 3.34. The van der Waals surface area contributed by atoms with Gasteiger partial charge in [0.15, 0.2) is 5.69 Å². The second-order valence-corrected chi connectivity index (χ2v) is 5.80. The molecule has 0 amide bonds. The van der Waals surface area contributed by atoms with Crippen LogP contribution in [0, 0.1) is 17.8 Å². The van der Waals surface area contributed by atoms with Gasteiger partial charge < -0.3 is 5.11 Å². The normalized spacial score (nSPS) is 29.2. The molecule has 0 bridgehead atoms. The second kappa shape index (κ2) is 3.59. The lowest BCUT2D eigenvalue weighted by Crippen LogP contribution is -2.03. The van der Waals surface area contributed by atoms with Crippen molar-refractivity contribution in [3.8, 4) is 0 Å². The minimum atomic E-state index is -0.900. The van der Waals surface area contributed by atoms with Crippen LogP contribution in [0.4, 0.5) is 0 Å². The van der Waals surface area contributed by atoms with Crippen molar-refractivity contribution in [2.45, 2.75) is 39.0 Å². The Bertz CT molecular complexity index is 464. The molecule has 0 aliphatic heterocycles. The van der Waals surface area contributed by atoms with Crippen LogP contribution < -0.4 is 0 Å². The molecule has 1 fully saturated rings. The van der Waals surface area contributed by atoms with Gasteiger partial charge in [0.1, 0.15) is 0 Å². The number of hydrogen-bond acceptors (Lipinski definition) is 2. The summed E-state index contributed by atoms with van der Waals surface area (Å²) in [4.78, 5) is 11.0. The SMILES string of the molecule is CC(C)CC[C@@H]1[C@@H]2Cc3c(C(=O)O)n[nH]c3[C@H]12. The number of aromatic nitrogens is 2. The summed E-state index contributed by atoms with van der Waals surface area (Å²) >= 11 is 0. The lowest BCUT2D eigenvalue weighted by atomic mass is 9.99. The van der Waals surface area contributed by atoms with Crippen molar-refractivity contribution in [2.24, 2.45) is 17.8 Å². The van der Waals surface area contributed by atoms with Crippen molar-refractivity contribution in [1.29, 1.82) is 0 Å². The van der Waals surface area contributed by atoms with E-state index in [2.05, 4.69) is 24.0 Å². The molecule has 3 atom stereocenters. The van der Waals surface area contributed by atoms with Gasteiger partial charge in [0.05, 0.1) is 0 Å². The summed E-state index contributed by atoms with van der Waals surface area (Å²) in [6.45, 7) is 4.50. The molecule has 1 aromatic rings. The predicted molar refractivity (Wildman–Crippen MR) is 63.0 cm³/mol. The van der Waals surface area contributed by atoms with Gasteiger partial charge in [0.25, 0.3) is 0 Å². The van der Waals surface area contributed by atoms with Crippen molar-refractivity contribution in [3.05, 3.63) is 17.0 Å². The number of carboxylic acids is 1. The molecule has 4 nitrogen and oxygen atoms in total. The molecule has 2 N–H and O–H groups in total. The van der Waals surface area contributed by atoms with Crippen LogP contribution in [0.1, 0.15) is 54.4 Å². The van der Waals surface area contributed by atoms with Gasteiger partial charge >= 0.3 is 5.97 Å². The van der Waals surface area contributed by atoms with Crippen molar-refractivity contribution in [3.63, 3.8) is 0 Å². The van der Waals surface area contributed by atoms with E-state index in [1.807, 2.05) is 0 Å². The number of nitrogens with one attached hydrogen (secondary N) is 1. The zero-order valence-corrected chi connectivity index (χ0v) is 10.2. The number of carboxylic acid groups (broad SMARTS) is 1. The van der Waals surface area contributed by atoms with Gasteiger partial charge in [0, 0.05) is 17.2 Å². The van der Waals surface area contributed by atoms with E-state index in [1.54, 1.807) is 0 Å². The number of aromatic carboxylic acids is 1. The second-order valence-electron chi connectivity index (χ2n) is 5.80. The topological polar surface area (TPSA) is 66.0 Å². The van der Waals surface area contributed by atoms with Crippen LogP contribution in [0.15, 0.2) is 0 Å². The highest BCUT2D eigenvalue weighted by Gasteiger charge is 2.57. The largest absolute Gasteiger partial charge is 0.476 e. The minimum absolute atomic E-state index is 0.245. The fraction of sp³-hybridized carbons (Fsp3) is 0.692. The molecule has 1 saturated carbocycles. The molecule has 17 heavy (non-hydrogen) atoms. The maximum Gasteiger partial charge on any atom is 0.356 e. The van der Waals surface area contributed by atoms with Gasteiger partial charge in [0.2, 0.25) is 0 Å². The van der Waals surface area contributed by atoms with E-state index in [4.69, 9.17) is 5.11 Å². The third-order valence-corrected chi connectivity index (χ3v) is 4.28. The molecular weight excluding hydrogens is 216 g/mol. The third kappa shape index (κ3) is 1.58. The summed E-state index contributed by atoms with van der Waals surface area (Å²) in [7, 11) is 0. The number of hydrogen-bond donors (Lipinski definition) is 2. The summed E-state index contributed by atoms with van der Waals surface area (Å²) < 4.78 is 0. The highest BCUT2D eigenvalue weighted by atomic mass is 16.4. The van der Waals surface area contributed by atoms with Crippen molar-refractivity contribution in [1.82, 2.24) is 10.2 Å². The zero-order valence-electron chi connectivity index (χ0n) is 10.2. The molecule has 0 unspecified atom stereocenters. The average Bonchev–Trinajstić information content (AvgIpc) is 2.61. The fourth-order valence-electron chi connectivity index (χ4n) is 3.34. The first kappa shape index (κ1) is 10.8. The van der Waals surface area contributed by atoms with Gasteiger partial charge in [-0.15, -0.1) is 0 Å². The maximum absolute atomic E-state index is 11.0. The number of carbonyl (C=O) groups is 1. The van der Waals surface area contributed by atoms with E-state index < -0.39 is 5.97 Å². The lowest BCUT2D eigenvalue weighted by Gasteiger charge is -2.06. The molecule has 0 spiro atoms. The van der Waals surface area contributed by atoms with Crippen LogP contribution in [-0.2, 0) is 6.42 Å². The number of nitrogens with zero attached hydrogens (tertiary/aromatic N) is 1. The first-order valence-electron chi connectivity index (χ1n) is 6.40. The summed E-state index contributed by atoms with van der Waals surface area (Å²) in [6, 6.07) is 0. The van der Waals surface area contributed by atoms with Gasteiger partial charge in [-0.3, -0.25) is 5.10 Å². The van der Waals surface area contributed by atoms with Gasteiger partial charge in [-0.05, 0) is 30.6 Å². The minimum Gasteiger partial charge on any atom is -0.476 e. The Morgan fingerprint density at radius 2 is 2.35 bits per heavy atom. The quantitative estimate of drug-likeness (QED) is 0.840. The van der Waals surface area contributed by atoms with E-state index >= 15 is 0 Å². The molecule has 4 heteroatoms. The summed E-state index contributed by atoms with van der Waals surface area (Å²) in [5, 5.41) is 15.9. The number of fused-ring (bicyclic) bond motifs is 3. The van der Waals surface area contributed by atoms with Crippen LogP contribution >= 0.6 is 0 Å². The Labute approximate surface area is 100 Å². The van der Waals surface area contributed by atoms with Gasteiger partial charge in [-0.25, -0.2) is 4.79 Å². The smallest absolute Gasteiger partial charge is 0.356 e. The van der Waals surface area contributed by atoms with Crippen LogP contribution in [0.5, 0.6) is 0 Å². The van der Waals surface area contributed by atoms with E-state index in [1.165, 1.54) is 12.8 Å². The average molecular weight is 234 g/mol. The molecule has 92 valence electrons. The Hall–Kier alpha value is -1.32. The summed E-state index contributed by atoms with van der Waals surface area (Å²) in [5.74, 6) is 1.89. The lowest BCUT2D eigenvalue weighted by molar-refractivity contribution is 0.0689. The van der Waals surface area contributed by atoms with Gasteiger partial charge in [-0.2, -0.15) is 5.10 Å². The Morgan fingerprint density at radius 3 is 3.00 bits per heavy atom. The molecule has 1 heterocycles. The zero-order chi connectivity index (χ0) is 12.2. The van der Waals surface area contributed by atoms with Crippen LogP contribution in [0.2, 0.25) is 0 Å². The Morgan fingerprint density at radius 1 is 1.59 bits per heavy atom. The number of aromatic amines is 1. The number of rotatable bonds is 4. The summed E-state index contributed by atoms with van der Waals surface area (Å²) in [6.07, 6.45) is 3.46. The molecule has 2 aliphatic carbocycles. The first-order chi connectivity index (χ1) is 8.09. The van der Waals surface area contributed by atoms with E-state index in [0.717, 1.165) is 29.5 Å². The van der Waals surface area contributed by atoms with Gasteiger partial charge in [-0.1, -0.05) is 20.3 Å². The maximum atomic E-state index is 11.0. The van der Waals surface area contributed by atoms with Crippen LogP contribution in [0.3, 0.4) is 0 Å². The van der Waals surface area contributed by atoms with Crippen molar-refractivity contribution in [2.75, 3.05) is 0 Å². The monoisotopic (exact) mass is 234 g/mol. The highest BCUT2D eigenvalue weighted by molar-refractivity contribution is 5.87. The molecule has 3 rings (SSSR count). The Kier molecular flexibility index (Phi) is 2.28. The Balaban J connectivity index is 1.72. The summed E-state index contributed by atoms with van der Waals surface area (Å²) in [5.41, 5.74) is 2.32. The first-order valence-corrected chi connectivity index (χ1v) is 6.40. The van der Waals surface area contributed by atoms with Crippen LogP contribution in [-0.4, -0.2) is 21.3 Å². The van der Waals surface area contributed by atoms with Crippen molar-refractivity contribution < 1.29 is 9.90 Å². The van der Waals surface area contributed by atoms with Crippen LogP contribution in [0.25, 0.3) is 0 Å². The van der Waals surface area contributed by atoms with E-state index in [9.17, 15) is 4.79 Å². The third-order valence-electron chi connectivity index (χ3n) is 4.28. The molecule has 1 aromatic heterocycles. The molecule has 2 aliphatic rings. The standard InChI is InChI=1S/C13H18N2O2/c1-6(2)3-4-7-8-5-9-11(10(7)8)14-15-12(9)13(16)17/h6-8,10H,3-5H2,1-2H3,(H,14,15)(H,16,17)/t7-,8+,10-/m1/s1. The molecule has 0 radical (unpaired) electrons. The van der Waals surface area contributed by atoms with E-state index in [-0.39, 0.29) is 5.69 Å². The molecule has 0 aromatic carbocycles. The highest BCUT2D eigenvalue weighted by Crippen LogP contribution is 2.63. The van der Waals surface area contributed by atoms with Crippen molar-refractivity contribution >= 4 is 5.97 Å². The predicted octanol–water partition coefficient (Wildman–Crippen LogP) is 2.43. The molecule has 0 saturated heterocycles. The number of H-pyrrole nitrogens is 1. The molecular formula is C13H18N2O2.